The third kappa shape index (κ3) is 3.49. The van der Waals surface area contributed by atoms with Gasteiger partial charge in [0.05, 0.1) is 6.04 Å². The molecule has 0 aromatic carbocycles. The Labute approximate surface area is 124 Å². The van der Waals surface area contributed by atoms with Crippen molar-refractivity contribution in [2.45, 2.75) is 19.9 Å². The summed E-state index contributed by atoms with van der Waals surface area (Å²) in [6.45, 7) is 6.42. The normalized spacial score (nSPS) is 18.6. The number of amidine groups is 1. The Bertz CT molecular complexity index is 538. The Kier molecular flexibility index (Phi) is 4.74. The van der Waals surface area contributed by atoms with Gasteiger partial charge < -0.3 is 15.8 Å². The van der Waals surface area contributed by atoms with E-state index in [2.05, 4.69) is 15.0 Å². The summed E-state index contributed by atoms with van der Waals surface area (Å²) in [7, 11) is 0. The molecule has 7 heteroatoms. The lowest BCUT2D eigenvalue weighted by Crippen LogP contribution is -2.54. The van der Waals surface area contributed by atoms with E-state index in [1.165, 1.54) is 0 Å². The van der Waals surface area contributed by atoms with Crippen LogP contribution >= 0.6 is 0 Å². The van der Waals surface area contributed by atoms with E-state index in [9.17, 15) is 4.79 Å². The zero-order valence-corrected chi connectivity index (χ0v) is 12.4. The Balaban J connectivity index is 1.96. The number of carbonyl (C=O) groups is 1. The highest BCUT2D eigenvalue weighted by atomic mass is 16.4. The van der Waals surface area contributed by atoms with Gasteiger partial charge in [0, 0.05) is 43.6 Å². The van der Waals surface area contributed by atoms with Crippen LogP contribution in [0.2, 0.25) is 0 Å². The van der Waals surface area contributed by atoms with E-state index >= 15 is 0 Å². The van der Waals surface area contributed by atoms with E-state index in [4.69, 9.17) is 10.9 Å². The topological polar surface area (TPSA) is 95.1 Å². The number of nitrogens with zero attached hydrogens (tertiary/aromatic N) is 4. The summed E-state index contributed by atoms with van der Waals surface area (Å²) in [5.74, 6) is 0.219. The SMILES string of the molecule is Cc1cc(C(=O)N2CCN(C(C)/C(N)=N/O)CC2)ccn1. The second kappa shape index (κ2) is 6.53. The number of hydrogen-bond acceptors (Lipinski definition) is 5. The predicted octanol–water partition coefficient (Wildman–Crippen LogP) is 0.283. The lowest BCUT2D eigenvalue weighted by Gasteiger charge is -2.37. The van der Waals surface area contributed by atoms with Gasteiger partial charge in [0.25, 0.3) is 5.91 Å². The van der Waals surface area contributed by atoms with Crippen LogP contribution in [0.1, 0.15) is 23.0 Å². The van der Waals surface area contributed by atoms with Gasteiger partial charge in [0.15, 0.2) is 5.84 Å². The minimum Gasteiger partial charge on any atom is -0.409 e. The molecule has 1 aliphatic heterocycles. The van der Waals surface area contributed by atoms with E-state index in [-0.39, 0.29) is 17.8 Å². The monoisotopic (exact) mass is 291 g/mol. The van der Waals surface area contributed by atoms with Gasteiger partial charge in [-0.05, 0) is 26.0 Å². The van der Waals surface area contributed by atoms with Crippen LogP contribution in [0.15, 0.2) is 23.5 Å². The number of aryl methyl sites for hydroxylation is 1. The molecule has 0 saturated carbocycles. The van der Waals surface area contributed by atoms with Gasteiger partial charge in [-0.15, -0.1) is 0 Å². The fraction of sp³-hybridized carbons (Fsp3) is 0.500. The van der Waals surface area contributed by atoms with Crippen molar-refractivity contribution in [3.63, 3.8) is 0 Å². The molecule has 1 aliphatic rings. The number of oxime groups is 1. The maximum absolute atomic E-state index is 12.4. The summed E-state index contributed by atoms with van der Waals surface area (Å²) < 4.78 is 0. The van der Waals surface area contributed by atoms with Crippen molar-refractivity contribution < 1.29 is 10.0 Å². The first kappa shape index (κ1) is 15.2. The molecule has 7 nitrogen and oxygen atoms in total. The molecule has 0 aliphatic carbocycles. The van der Waals surface area contributed by atoms with Crippen LogP contribution in [0, 0.1) is 6.92 Å². The summed E-state index contributed by atoms with van der Waals surface area (Å²) in [5, 5.41) is 11.8. The van der Waals surface area contributed by atoms with E-state index in [1.54, 1.807) is 18.3 Å². The van der Waals surface area contributed by atoms with Crippen molar-refractivity contribution in [1.82, 2.24) is 14.8 Å². The van der Waals surface area contributed by atoms with Crippen LogP contribution < -0.4 is 5.73 Å². The van der Waals surface area contributed by atoms with Gasteiger partial charge in [-0.1, -0.05) is 5.16 Å². The highest BCUT2D eigenvalue weighted by Crippen LogP contribution is 2.11. The van der Waals surface area contributed by atoms with Gasteiger partial charge in [-0.3, -0.25) is 14.7 Å². The third-order valence-electron chi connectivity index (χ3n) is 3.84. The molecule has 1 aromatic rings. The average molecular weight is 291 g/mol. The van der Waals surface area contributed by atoms with Crippen LogP contribution in [-0.4, -0.2) is 64.0 Å². The van der Waals surface area contributed by atoms with Crippen LogP contribution in [-0.2, 0) is 0 Å². The maximum atomic E-state index is 12.4. The first-order chi connectivity index (χ1) is 10.0. The van der Waals surface area contributed by atoms with Gasteiger partial charge in [0.1, 0.15) is 0 Å². The number of aromatic nitrogens is 1. The molecule has 1 atom stereocenters. The molecule has 2 rings (SSSR count). The number of amides is 1. The van der Waals surface area contributed by atoms with Crippen molar-refractivity contribution in [3.05, 3.63) is 29.6 Å². The second-order valence-electron chi connectivity index (χ2n) is 5.21. The molecule has 2 heterocycles. The molecule has 1 aromatic heterocycles. The minimum atomic E-state index is -0.129. The maximum Gasteiger partial charge on any atom is 0.254 e. The number of pyridine rings is 1. The standard InChI is InChI=1S/C14H21N5O2/c1-10-9-12(3-4-16-10)14(20)19-7-5-18(6-8-19)11(2)13(15)17-21/h3-4,9,11,21H,5-8H2,1-2H3,(H2,15,17). The molecular weight excluding hydrogens is 270 g/mol. The molecule has 0 bridgehead atoms. The van der Waals surface area contributed by atoms with E-state index in [0.717, 1.165) is 5.69 Å². The van der Waals surface area contributed by atoms with Crippen LogP contribution in [0.4, 0.5) is 0 Å². The number of rotatable bonds is 3. The smallest absolute Gasteiger partial charge is 0.254 e. The quantitative estimate of drug-likeness (QED) is 0.361. The highest BCUT2D eigenvalue weighted by Gasteiger charge is 2.26. The van der Waals surface area contributed by atoms with Gasteiger partial charge in [-0.2, -0.15) is 0 Å². The van der Waals surface area contributed by atoms with Gasteiger partial charge in [-0.25, -0.2) is 0 Å². The van der Waals surface area contributed by atoms with E-state index < -0.39 is 0 Å². The molecule has 0 radical (unpaired) electrons. The Morgan fingerprint density at radius 3 is 2.67 bits per heavy atom. The molecule has 1 fully saturated rings. The Morgan fingerprint density at radius 1 is 1.43 bits per heavy atom. The summed E-state index contributed by atoms with van der Waals surface area (Å²) in [5.41, 5.74) is 7.12. The molecular formula is C14H21N5O2. The zero-order valence-electron chi connectivity index (χ0n) is 12.4. The van der Waals surface area contributed by atoms with Gasteiger partial charge in [0.2, 0.25) is 0 Å². The fourth-order valence-electron chi connectivity index (χ4n) is 2.44. The molecule has 21 heavy (non-hydrogen) atoms. The van der Waals surface area contributed by atoms with Gasteiger partial charge >= 0.3 is 0 Å². The lowest BCUT2D eigenvalue weighted by molar-refractivity contribution is 0.0618. The van der Waals surface area contributed by atoms with Crippen molar-refractivity contribution in [1.29, 1.82) is 0 Å². The summed E-state index contributed by atoms with van der Waals surface area (Å²) in [4.78, 5) is 20.4. The van der Waals surface area contributed by atoms with Crippen molar-refractivity contribution in [2.75, 3.05) is 26.2 Å². The van der Waals surface area contributed by atoms with Crippen molar-refractivity contribution in [2.24, 2.45) is 10.9 Å². The number of carbonyl (C=O) groups excluding carboxylic acids is 1. The molecule has 1 unspecified atom stereocenters. The predicted molar refractivity (Wildman–Crippen MR) is 79.3 cm³/mol. The third-order valence-corrected chi connectivity index (χ3v) is 3.84. The fourth-order valence-corrected chi connectivity index (χ4v) is 2.44. The zero-order chi connectivity index (χ0) is 15.4. The number of piperazine rings is 1. The second-order valence-corrected chi connectivity index (χ2v) is 5.21. The van der Waals surface area contributed by atoms with E-state index in [0.29, 0.717) is 31.7 Å². The Morgan fingerprint density at radius 2 is 2.10 bits per heavy atom. The summed E-state index contributed by atoms with van der Waals surface area (Å²) >= 11 is 0. The first-order valence-corrected chi connectivity index (χ1v) is 6.96. The molecule has 114 valence electrons. The summed E-state index contributed by atoms with van der Waals surface area (Å²) in [6.07, 6.45) is 1.65. The number of nitrogens with two attached hydrogens (primary N) is 1. The first-order valence-electron chi connectivity index (χ1n) is 6.96. The number of hydrogen-bond donors (Lipinski definition) is 2. The average Bonchev–Trinajstić information content (AvgIpc) is 2.53. The van der Waals surface area contributed by atoms with E-state index in [1.807, 2.05) is 18.7 Å². The van der Waals surface area contributed by atoms with Crippen LogP contribution in [0.3, 0.4) is 0 Å². The Hall–Kier alpha value is -2.15. The van der Waals surface area contributed by atoms with Crippen LogP contribution in [0.25, 0.3) is 0 Å². The minimum absolute atomic E-state index is 0.0246. The van der Waals surface area contributed by atoms with Crippen molar-refractivity contribution >= 4 is 11.7 Å². The lowest BCUT2D eigenvalue weighted by atomic mass is 10.1. The molecule has 3 N–H and O–H groups in total. The molecule has 1 saturated heterocycles. The largest absolute Gasteiger partial charge is 0.409 e. The molecule has 0 spiro atoms. The molecule has 1 amide bonds. The highest BCUT2D eigenvalue weighted by molar-refractivity contribution is 5.94. The van der Waals surface area contributed by atoms with Crippen LogP contribution in [0.5, 0.6) is 0 Å². The summed E-state index contributed by atoms with van der Waals surface area (Å²) in [6, 6.07) is 3.41. The van der Waals surface area contributed by atoms with Crippen molar-refractivity contribution in [3.8, 4) is 0 Å².